The monoisotopic (exact) mass is 637 g/mol. The van der Waals surface area contributed by atoms with Crippen molar-refractivity contribution in [1.82, 2.24) is 0 Å². The van der Waals surface area contributed by atoms with Crippen molar-refractivity contribution in [1.29, 1.82) is 0 Å². The summed E-state index contributed by atoms with van der Waals surface area (Å²) < 4.78 is 6.90. The molecule has 10 rings (SSSR count). The molecule has 0 bridgehead atoms. The van der Waals surface area contributed by atoms with Gasteiger partial charge in [-0.25, -0.2) is 0 Å². The number of hydrogen-bond donors (Lipinski definition) is 0. The van der Waals surface area contributed by atoms with Crippen molar-refractivity contribution in [2.75, 3.05) is 4.90 Å². The van der Waals surface area contributed by atoms with E-state index in [0.29, 0.717) is 0 Å². The normalized spacial score (nSPS) is 11.6. The van der Waals surface area contributed by atoms with E-state index in [9.17, 15) is 0 Å². The summed E-state index contributed by atoms with van der Waals surface area (Å²) in [6.07, 6.45) is 0. The van der Waals surface area contributed by atoms with E-state index in [1.165, 1.54) is 43.4 Å². The molecule has 0 saturated heterocycles. The molecular formula is C48H31NO. The summed E-state index contributed by atoms with van der Waals surface area (Å²) in [6.45, 7) is 0. The lowest BCUT2D eigenvalue weighted by Gasteiger charge is -2.25. The van der Waals surface area contributed by atoms with Crippen molar-refractivity contribution in [2.24, 2.45) is 0 Å². The highest BCUT2D eigenvalue weighted by Gasteiger charge is 2.19. The molecule has 0 fully saturated rings. The first-order chi connectivity index (χ1) is 24.8. The lowest BCUT2D eigenvalue weighted by Crippen LogP contribution is -2.09. The molecule has 50 heavy (non-hydrogen) atoms. The molecule has 1 heterocycles. The predicted octanol–water partition coefficient (Wildman–Crippen LogP) is 13.8. The van der Waals surface area contributed by atoms with E-state index in [0.717, 1.165) is 50.1 Å². The minimum Gasteiger partial charge on any atom is -0.455 e. The molecule has 234 valence electrons. The molecule has 0 aliphatic heterocycles. The minimum atomic E-state index is 0.866. The molecule has 0 unspecified atom stereocenters. The maximum absolute atomic E-state index is 6.90. The van der Waals surface area contributed by atoms with Crippen LogP contribution in [-0.4, -0.2) is 0 Å². The highest BCUT2D eigenvalue weighted by molar-refractivity contribution is 6.19. The number of rotatable bonds is 5. The summed E-state index contributed by atoms with van der Waals surface area (Å²) in [5, 5.41) is 9.68. The molecule has 0 N–H and O–H groups in total. The predicted molar refractivity (Wildman–Crippen MR) is 212 cm³/mol. The zero-order chi connectivity index (χ0) is 33.0. The van der Waals surface area contributed by atoms with E-state index in [-0.39, 0.29) is 0 Å². The first-order valence-corrected chi connectivity index (χ1v) is 17.1. The number of nitrogens with zero attached hydrogens (tertiary/aromatic N) is 1. The Balaban J connectivity index is 1.15. The second-order valence-electron chi connectivity index (χ2n) is 12.9. The fourth-order valence-electron chi connectivity index (χ4n) is 7.70. The van der Waals surface area contributed by atoms with Crippen molar-refractivity contribution in [2.45, 2.75) is 0 Å². The van der Waals surface area contributed by atoms with Crippen LogP contribution in [0.4, 0.5) is 17.1 Å². The molecule has 2 heteroatoms. The summed E-state index contributed by atoms with van der Waals surface area (Å²) in [6, 6.07) is 67.3. The van der Waals surface area contributed by atoms with E-state index in [4.69, 9.17) is 4.42 Å². The lowest BCUT2D eigenvalue weighted by atomic mass is 9.91. The standard InChI is InChI=1S/C48H31NO/c1-3-15-36(16-4-1)49(37-17-5-2-6-18-37)38-27-28-43-45-30-35-14-8-10-20-40(35)47(48(45)50-46(43)31-38)33-25-23-32(24-26-33)44-29-34-13-7-9-19-39(34)41-21-11-12-22-42(41)44/h1-31H. The summed E-state index contributed by atoms with van der Waals surface area (Å²) >= 11 is 0. The fraction of sp³-hybridized carbons (Fsp3) is 0. The van der Waals surface area contributed by atoms with Crippen LogP contribution in [0.2, 0.25) is 0 Å². The van der Waals surface area contributed by atoms with Crippen molar-refractivity contribution in [3.05, 3.63) is 188 Å². The molecule has 2 nitrogen and oxygen atoms in total. The SMILES string of the molecule is c1ccc(N(c2ccccc2)c2ccc3c(c2)oc2c(-c4ccc(-c5cc6ccccc6c6ccccc56)cc4)c4ccccc4cc23)cc1. The summed E-state index contributed by atoms with van der Waals surface area (Å²) in [7, 11) is 0. The van der Waals surface area contributed by atoms with Crippen LogP contribution >= 0.6 is 0 Å². The van der Waals surface area contributed by atoms with Crippen LogP contribution in [0.15, 0.2) is 192 Å². The Kier molecular flexibility index (Phi) is 6.53. The molecule has 0 radical (unpaired) electrons. The van der Waals surface area contributed by atoms with Crippen molar-refractivity contribution >= 4 is 71.3 Å². The van der Waals surface area contributed by atoms with Gasteiger partial charge in [0.2, 0.25) is 0 Å². The van der Waals surface area contributed by atoms with E-state index < -0.39 is 0 Å². The average Bonchev–Trinajstić information content (AvgIpc) is 3.55. The van der Waals surface area contributed by atoms with Crippen LogP contribution < -0.4 is 4.90 Å². The summed E-state index contributed by atoms with van der Waals surface area (Å²) in [5.74, 6) is 0. The van der Waals surface area contributed by atoms with E-state index >= 15 is 0 Å². The van der Waals surface area contributed by atoms with Crippen LogP contribution in [0, 0.1) is 0 Å². The number of para-hydroxylation sites is 2. The number of anilines is 3. The first-order valence-electron chi connectivity index (χ1n) is 17.1. The van der Waals surface area contributed by atoms with Crippen LogP contribution in [0.25, 0.3) is 76.5 Å². The number of furan rings is 1. The quantitative estimate of drug-likeness (QED) is 0.175. The molecule has 1 aromatic heterocycles. The Hall–Kier alpha value is -6.64. The maximum Gasteiger partial charge on any atom is 0.143 e. The number of hydrogen-bond acceptors (Lipinski definition) is 2. The minimum absolute atomic E-state index is 0.866. The molecule has 10 aromatic rings. The molecule has 0 spiro atoms. The zero-order valence-corrected chi connectivity index (χ0v) is 27.3. The Labute approximate surface area is 290 Å². The second-order valence-corrected chi connectivity index (χ2v) is 12.9. The third kappa shape index (κ3) is 4.57. The third-order valence-electron chi connectivity index (χ3n) is 10.0. The molecular weight excluding hydrogens is 607 g/mol. The average molecular weight is 638 g/mol. The highest BCUT2D eigenvalue weighted by Crippen LogP contribution is 2.44. The number of fused-ring (bicyclic) bond motifs is 7. The molecule has 0 atom stereocenters. The lowest BCUT2D eigenvalue weighted by molar-refractivity contribution is 0.670. The van der Waals surface area contributed by atoms with Crippen LogP contribution in [0.3, 0.4) is 0 Å². The first kappa shape index (κ1) is 28.4. The Morgan fingerprint density at radius 2 is 0.900 bits per heavy atom. The van der Waals surface area contributed by atoms with Crippen molar-refractivity contribution in [3.8, 4) is 22.3 Å². The van der Waals surface area contributed by atoms with Gasteiger partial charge in [0.05, 0.1) is 0 Å². The Bertz CT molecular complexity index is 2810. The van der Waals surface area contributed by atoms with Gasteiger partial charge in [-0.2, -0.15) is 0 Å². The summed E-state index contributed by atoms with van der Waals surface area (Å²) in [4.78, 5) is 2.28. The van der Waals surface area contributed by atoms with Gasteiger partial charge in [0, 0.05) is 39.5 Å². The highest BCUT2D eigenvalue weighted by atomic mass is 16.3. The summed E-state index contributed by atoms with van der Waals surface area (Å²) in [5.41, 5.74) is 9.71. The molecule has 0 aliphatic carbocycles. The van der Waals surface area contributed by atoms with Gasteiger partial charge in [-0.05, 0) is 97.5 Å². The molecule has 9 aromatic carbocycles. The van der Waals surface area contributed by atoms with Gasteiger partial charge in [0.25, 0.3) is 0 Å². The van der Waals surface area contributed by atoms with Gasteiger partial charge >= 0.3 is 0 Å². The maximum atomic E-state index is 6.90. The van der Waals surface area contributed by atoms with E-state index in [2.05, 4.69) is 193 Å². The zero-order valence-electron chi connectivity index (χ0n) is 27.3. The van der Waals surface area contributed by atoms with Gasteiger partial charge in [0.15, 0.2) is 0 Å². The third-order valence-corrected chi connectivity index (χ3v) is 10.0. The van der Waals surface area contributed by atoms with Crippen molar-refractivity contribution in [3.63, 3.8) is 0 Å². The second kappa shape index (κ2) is 11.5. The topological polar surface area (TPSA) is 16.4 Å². The van der Waals surface area contributed by atoms with Crippen LogP contribution in [0.1, 0.15) is 0 Å². The Morgan fingerprint density at radius 3 is 1.60 bits per heavy atom. The smallest absolute Gasteiger partial charge is 0.143 e. The molecule has 0 saturated carbocycles. The van der Waals surface area contributed by atoms with Gasteiger partial charge in [-0.1, -0.05) is 133 Å². The van der Waals surface area contributed by atoms with Gasteiger partial charge in [0.1, 0.15) is 11.2 Å². The molecule has 0 amide bonds. The van der Waals surface area contributed by atoms with Crippen LogP contribution in [-0.2, 0) is 0 Å². The Morgan fingerprint density at radius 1 is 0.340 bits per heavy atom. The number of benzene rings is 9. The molecule has 0 aliphatic rings. The van der Waals surface area contributed by atoms with Crippen LogP contribution in [0.5, 0.6) is 0 Å². The van der Waals surface area contributed by atoms with Gasteiger partial charge in [-0.15, -0.1) is 0 Å². The van der Waals surface area contributed by atoms with Gasteiger partial charge in [-0.3, -0.25) is 0 Å². The van der Waals surface area contributed by atoms with E-state index in [1.807, 2.05) is 0 Å². The van der Waals surface area contributed by atoms with E-state index in [1.54, 1.807) is 0 Å². The largest absolute Gasteiger partial charge is 0.455 e. The van der Waals surface area contributed by atoms with Crippen molar-refractivity contribution < 1.29 is 4.42 Å². The van der Waals surface area contributed by atoms with Gasteiger partial charge < -0.3 is 9.32 Å². The fourth-order valence-corrected chi connectivity index (χ4v) is 7.70.